The van der Waals surface area contributed by atoms with Crippen LogP contribution in [0.2, 0.25) is 5.02 Å². The van der Waals surface area contributed by atoms with Gasteiger partial charge in [0, 0.05) is 25.0 Å². The number of aliphatic imine (C=N–C) groups is 1. The lowest BCUT2D eigenvalue weighted by molar-refractivity contribution is 0.0624. The van der Waals surface area contributed by atoms with E-state index < -0.39 is 11.6 Å². The molecule has 1 fully saturated rings. The van der Waals surface area contributed by atoms with Crippen molar-refractivity contribution in [1.29, 1.82) is 0 Å². The molecular weight excluding hydrogens is 306 g/mol. The van der Waals surface area contributed by atoms with Gasteiger partial charge < -0.3 is 10.1 Å². The van der Waals surface area contributed by atoms with Crippen molar-refractivity contribution in [3.8, 4) is 0 Å². The Balaban J connectivity index is 1.80. The van der Waals surface area contributed by atoms with E-state index in [1.165, 1.54) is 11.8 Å². The maximum atomic E-state index is 13.7. The number of nitrogens with one attached hydrogen (secondary N) is 1. The second-order valence-corrected chi connectivity index (χ2v) is 6.28. The fourth-order valence-corrected chi connectivity index (χ4v) is 3.76. The van der Waals surface area contributed by atoms with E-state index in [1.54, 1.807) is 0 Å². The molecule has 0 amide bonds. The van der Waals surface area contributed by atoms with Crippen molar-refractivity contribution in [3.05, 3.63) is 28.8 Å². The van der Waals surface area contributed by atoms with Crippen LogP contribution in [0.5, 0.6) is 0 Å². The minimum atomic E-state index is -0.716. The first-order valence-electron chi connectivity index (χ1n) is 6.30. The summed E-state index contributed by atoms with van der Waals surface area (Å²) in [6.07, 6.45) is 1.73. The minimum Gasteiger partial charge on any atom is -0.381 e. The zero-order valence-electron chi connectivity index (χ0n) is 10.6. The van der Waals surface area contributed by atoms with Crippen LogP contribution >= 0.6 is 23.4 Å². The van der Waals surface area contributed by atoms with E-state index in [1.807, 2.05) is 0 Å². The molecule has 0 radical (unpaired) electrons. The molecule has 2 aliphatic rings. The van der Waals surface area contributed by atoms with Gasteiger partial charge in [-0.05, 0) is 18.9 Å². The van der Waals surface area contributed by atoms with E-state index in [9.17, 15) is 8.78 Å². The zero-order valence-corrected chi connectivity index (χ0v) is 12.2. The Kier molecular flexibility index (Phi) is 3.88. The third-order valence-electron chi connectivity index (χ3n) is 3.48. The number of benzene rings is 1. The van der Waals surface area contributed by atoms with Gasteiger partial charge in [0.1, 0.15) is 5.82 Å². The normalized spacial score (nSPS) is 21.1. The summed E-state index contributed by atoms with van der Waals surface area (Å²) in [5, 5.41) is 3.51. The number of nitrogens with zero attached hydrogens (tertiary/aromatic N) is 1. The van der Waals surface area contributed by atoms with Gasteiger partial charge in [-0.15, -0.1) is 0 Å². The molecule has 1 spiro atoms. The molecule has 7 heteroatoms. The quantitative estimate of drug-likeness (QED) is 0.857. The molecule has 2 aliphatic heterocycles. The lowest BCUT2D eigenvalue weighted by Gasteiger charge is -2.29. The summed E-state index contributed by atoms with van der Waals surface area (Å²) in [6.45, 7) is 1.39. The summed E-state index contributed by atoms with van der Waals surface area (Å²) in [4.78, 5) is 4.65. The fraction of sp³-hybridized carbons (Fsp3) is 0.462. The average molecular weight is 319 g/mol. The molecular formula is C13H13ClF2N2OS. The number of ether oxygens (including phenoxy) is 1. The molecule has 0 atom stereocenters. The lowest BCUT2D eigenvalue weighted by atomic mass is 9.93. The first-order valence-corrected chi connectivity index (χ1v) is 7.66. The zero-order chi connectivity index (χ0) is 14.2. The number of thioether (sulfide) groups is 1. The van der Waals surface area contributed by atoms with Crippen LogP contribution in [-0.4, -0.2) is 29.7 Å². The molecule has 1 N–H and O–H groups in total. The molecule has 2 heterocycles. The van der Waals surface area contributed by atoms with E-state index in [4.69, 9.17) is 16.3 Å². The summed E-state index contributed by atoms with van der Waals surface area (Å²) in [7, 11) is 0. The first kappa shape index (κ1) is 14.1. The van der Waals surface area contributed by atoms with E-state index in [2.05, 4.69) is 10.3 Å². The third kappa shape index (κ3) is 2.77. The third-order valence-corrected chi connectivity index (χ3v) is 4.93. The van der Waals surface area contributed by atoms with Crippen LogP contribution in [0.15, 0.2) is 17.1 Å². The standard InChI is InChI=1S/C13H13ClF2N2OS/c14-9-5-8(15)6-10(16)11(9)17-12-18-13(7-20-12)1-3-19-4-2-13/h5-6H,1-4,7H2,(H,17,18). The molecule has 1 aromatic carbocycles. The van der Waals surface area contributed by atoms with Crippen molar-refractivity contribution >= 4 is 34.2 Å². The Labute approximate surface area is 124 Å². The van der Waals surface area contributed by atoms with Crippen LogP contribution in [0.3, 0.4) is 0 Å². The number of anilines is 1. The summed E-state index contributed by atoms with van der Waals surface area (Å²) in [5.41, 5.74) is -0.0442. The van der Waals surface area contributed by atoms with Gasteiger partial charge in [-0.3, -0.25) is 4.99 Å². The van der Waals surface area contributed by atoms with Gasteiger partial charge in [0.2, 0.25) is 0 Å². The van der Waals surface area contributed by atoms with Gasteiger partial charge in [-0.25, -0.2) is 8.78 Å². The van der Waals surface area contributed by atoms with Gasteiger partial charge in [-0.2, -0.15) is 0 Å². The van der Waals surface area contributed by atoms with Gasteiger partial charge in [0.25, 0.3) is 0 Å². The van der Waals surface area contributed by atoms with Crippen molar-refractivity contribution < 1.29 is 13.5 Å². The SMILES string of the molecule is Fc1cc(F)c(NC2=NC3(CCOCC3)CS2)c(Cl)c1. The van der Waals surface area contributed by atoms with Crippen molar-refractivity contribution in [1.82, 2.24) is 0 Å². The van der Waals surface area contributed by atoms with E-state index in [0.717, 1.165) is 30.7 Å². The smallest absolute Gasteiger partial charge is 0.161 e. The van der Waals surface area contributed by atoms with Crippen molar-refractivity contribution in [2.75, 3.05) is 24.3 Å². The van der Waals surface area contributed by atoms with E-state index >= 15 is 0 Å². The second kappa shape index (κ2) is 5.50. The highest BCUT2D eigenvalue weighted by molar-refractivity contribution is 8.14. The molecule has 1 aromatic rings. The molecule has 0 saturated carbocycles. The maximum Gasteiger partial charge on any atom is 0.161 e. The number of rotatable bonds is 1. The largest absolute Gasteiger partial charge is 0.381 e. The van der Waals surface area contributed by atoms with Crippen LogP contribution in [0.1, 0.15) is 12.8 Å². The second-order valence-electron chi connectivity index (χ2n) is 4.91. The molecule has 0 bridgehead atoms. The number of amidine groups is 1. The van der Waals surface area contributed by atoms with E-state index in [0.29, 0.717) is 18.4 Å². The minimum absolute atomic E-state index is 0.0127. The Morgan fingerprint density at radius 3 is 2.75 bits per heavy atom. The van der Waals surface area contributed by atoms with Crippen molar-refractivity contribution in [2.45, 2.75) is 18.4 Å². The van der Waals surface area contributed by atoms with Gasteiger partial charge >= 0.3 is 0 Å². The summed E-state index contributed by atoms with van der Waals surface area (Å²) in [6, 6.07) is 1.88. The number of hydrogen-bond donors (Lipinski definition) is 1. The molecule has 3 nitrogen and oxygen atoms in total. The summed E-state index contributed by atoms with van der Waals surface area (Å²) < 4.78 is 32.1. The van der Waals surface area contributed by atoms with Crippen LogP contribution in [0.25, 0.3) is 0 Å². The Morgan fingerprint density at radius 1 is 1.30 bits per heavy atom. The average Bonchev–Trinajstić information content (AvgIpc) is 2.77. The molecule has 0 aromatic heterocycles. The van der Waals surface area contributed by atoms with Gasteiger partial charge in [-0.1, -0.05) is 23.4 Å². The van der Waals surface area contributed by atoms with Crippen molar-refractivity contribution in [3.63, 3.8) is 0 Å². The monoisotopic (exact) mass is 318 g/mol. The Bertz CT molecular complexity index is 538. The molecule has 1 saturated heterocycles. The summed E-state index contributed by atoms with van der Waals surface area (Å²) in [5.74, 6) is -0.565. The highest BCUT2D eigenvalue weighted by Crippen LogP contribution is 2.37. The highest BCUT2D eigenvalue weighted by Gasteiger charge is 2.37. The Hall–Kier alpha value is -0.850. The molecule has 108 valence electrons. The van der Waals surface area contributed by atoms with Crippen LogP contribution in [0.4, 0.5) is 14.5 Å². The molecule has 20 heavy (non-hydrogen) atoms. The van der Waals surface area contributed by atoms with Crippen LogP contribution < -0.4 is 5.32 Å². The predicted octanol–water partition coefficient (Wildman–Crippen LogP) is 3.68. The van der Waals surface area contributed by atoms with Crippen molar-refractivity contribution in [2.24, 2.45) is 4.99 Å². The summed E-state index contributed by atoms with van der Waals surface area (Å²) >= 11 is 7.39. The van der Waals surface area contributed by atoms with Crippen LogP contribution in [0, 0.1) is 11.6 Å². The molecule has 0 unspecified atom stereocenters. The molecule has 0 aliphatic carbocycles. The van der Waals surface area contributed by atoms with Gasteiger partial charge in [0.05, 0.1) is 16.2 Å². The topological polar surface area (TPSA) is 33.6 Å². The maximum absolute atomic E-state index is 13.7. The highest BCUT2D eigenvalue weighted by atomic mass is 35.5. The molecule has 3 rings (SSSR count). The first-order chi connectivity index (χ1) is 9.58. The van der Waals surface area contributed by atoms with E-state index in [-0.39, 0.29) is 16.2 Å². The number of halogens is 3. The van der Waals surface area contributed by atoms with Gasteiger partial charge in [0.15, 0.2) is 11.0 Å². The predicted molar refractivity (Wildman–Crippen MR) is 77.7 cm³/mol. The lowest BCUT2D eigenvalue weighted by Crippen LogP contribution is -2.34. The fourth-order valence-electron chi connectivity index (χ4n) is 2.32. The Morgan fingerprint density at radius 2 is 2.05 bits per heavy atom. The number of hydrogen-bond acceptors (Lipinski definition) is 4. The van der Waals surface area contributed by atoms with Crippen LogP contribution in [-0.2, 0) is 4.74 Å².